The Morgan fingerprint density at radius 3 is 2.44 bits per heavy atom. The smallest absolute Gasteiger partial charge is 0.268 e. The highest BCUT2D eigenvalue weighted by atomic mass is 35.5. The van der Waals surface area contributed by atoms with Crippen molar-refractivity contribution >= 4 is 38.6 Å². The van der Waals surface area contributed by atoms with Gasteiger partial charge in [0.05, 0.1) is 17.7 Å². The van der Waals surface area contributed by atoms with E-state index in [1.165, 1.54) is 15.6 Å². The van der Waals surface area contributed by atoms with Crippen molar-refractivity contribution in [2.45, 2.75) is 18.7 Å². The molecular weight excluding hydrogens is 470 g/mol. The van der Waals surface area contributed by atoms with Crippen molar-refractivity contribution in [3.05, 3.63) is 64.5 Å². The first-order valence-electron chi connectivity index (χ1n) is 9.70. The topological polar surface area (TPSA) is 85.5 Å². The van der Waals surface area contributed by atoms with Gasteiger partial charge >= 0.3 is 0 Å². The van der Waals surface area contributed by atoms with Crippen molar-refractivity contribution in [2.75, 3.05) is 18.0 Å². The van der Waals surface area contributed by atoms with Gasteiger partial charge in [-0.25, -0.2) is 8.42 Å². The van der Waals surface area contributed by atoms with Gasteiger partial charge in [0.1, 0.15) is 10.6 Å². The van der Waals surface area contributed by atoms with E-state index < -0.39 is 10.0 Å². The van der Waals surface area contributed by atoms with Crippen LogP contribution < -0.4 is 9.04 Å². The number of nitrogens with zero attached hydrogens (tertiary/aromatic N) is 3. The maximum atomic E-state index is 13.5. The van der Waals surface area contributed by atoms with E-state index in [0.717, 1.165) is 5.56 Å². The minimum atomic E-state index is -3.79. The molecule has 0 spiro atoms. The summed E-state index contributed by atoms with van der Waals surface area (Å²) in [6.45, 7) is 3.83. The Morgan fingerprint density at radius 1 is 1.12 bits per heavy atom. The predicted octanol–water partition coefficient (Wildman–Crippen LogP) is 5.65. The summed E-state index contributed by atoms with van der Waals surface area (Å²) >= 11 is 7.22. The molecular formula is C22H20ClN3O4S2. The van der Waals surface area contributed by atoms with Gasteiger partial charge in [0, 0.05) is 22.0 Å². The molecule has 0 atom stereocenters. The summed E-state index contributed by atoms with van der Waals surface area (Å²) in [5.74, 6) is 1.32. The lowest BCUT2D eigenvalue weighted by Crippen LogP contribution is -2.30. The van der Waals surface area contributed by atoms with Gasteiger partial charge in [-0.15, -0.1) is 11.3 Å². The molecule has 4 aromatic rings. The maximum Gasteiger partial charge on any atom is 0.268 e. The second-order valence-corrected chi connectivity index (χ2v) is 10.4. The number of halogens is 1. The van der Waals surface area contributed by atoms with Crippen molar-refractivity contribution in [3.8, 4) is 27.9 Å². The molecule has 2 aromatic carbocycles. The molecule has 4 rings (SSSR count). The fourth-order valence-corrected chi connectivity index (χ4v) is 6.31. The predicted molar refractivity (Wildman–Crippen MR) is 126 cm³/mol. The first-order valence-corrected chi connectivity index (χ1v) is 12.3. The van der Waals surface area contributed by atoms with Crippen molar-refractivity contribution < 1.29 is 17.7 Å². The highest BCUT2D eigenvalue weighted by Gasteiger charge is 2.28. The molecule has 0 aliphatic heterocycles. The van der Waals surface area contributed by atoms with E-state index in [9.17, 15) is 8.42 Å². The Bertz CT molecular complexity index is 1330. The van der Waals surface area contributed by atoms with E-state index in [-0.39, 0.29) is 17.3 Å². The number of aryl methyl sites for hydroxylation is 1. The SMILES string of the molecule is CCN(c1ccc(OC)cc1)S(=O)(=O)c1cc(-c2nc(-c3ccc(Cl)cc3)no2)sc1C. The number of anilines is 1. The van der Waals surface area contributed by atoms with Crippen LogP contribution in [0.15, 0.2) is 64.0 Å². The largest absolute Gasteiger partial charge is 0.497 e. The van der Waals surface area contributed by atoms with Crippen molar-refractivity contribution in [3.63, 3.8) is 0 Å². The molecule has 0 fully saturated rings. The first-order chi connectivity index (χ1) is 15.3. The van der Waals surface area contributed by atoms with Gasteiger partial charge in [0.2, 0.25) is 5.82 Å². The second-order valence-electron chi connectivity index (χ2n) is 6.83. The van der Waals surface area contributed by atoms with E-state index >= 15 is 0 Å². The highest BCUT2D eigenvalue weighted by molar-refractivity contribution is 7.93. The highest BCUT2D eigenvalue weighted by Crippen LogP contribution is 2.36. The molecule has 0 aliphatic carbocycles. The van der Waals surface area contributed by atoms with Crippen LogP contribution in [-0.2, 0) is 10.0 Å². The Hall–Kier alpha value is -2.88. The average Bonchev–Trinajstić information content (AvgIpc) is 3.42. The Morgan fingerprint density at radius 2 is 1.81 bits per heavy atom. The summed E-state index contributed by atoms with van der Waals surface area (Å²) in [4.78, 5) is 5.86. The zero-order valence-corrected chi connectivity index (χ0v) is 20.0. The molecule has 2 heterocycles. The van der Waals surface area contributed by atoms with Gasteiger partial charge in [-0.05, 0) is 68.4 Å². The minimum absolute atomic E-state index is 0.210. The number of ether oxygens (including phenoxy) is 1. The summed E-state index contributed by atoms with van der Waals surface area (Å²) < 4.78 is 38.9. The van der Waals surface area contributed by atoms with Gasteiger partial charge in [-0.3, -0.25) is 4.31 Å². The average molecular weight is 490 g/mol. The van der Waals surface area contributed by atoms with Crippen LogP contribution in [0.25, 0.3) is 22.2 Å². The number of benzene rings is 2. The first kappa shape index (κ1) is 22.3. The van der Waals surface area contributed by atoms with Gasteiger partial charge in [0.15, 0.2) is 0 Å². The molecule has 166 valence electrons. The number of sulfonamides is 1. The monoisotopic (exact) mass is 489 g/mol. The zero-order valence-electron chi connectivity index (χ0n) is 17.6. The second kappa shape index (κ2) is 8.93. The van der Waals surface area contributed by atoms with Crippen LogP contribution >= 0.6 is 22.9 Å². The molecule has 7 nitrogen and oxygen atoms in total. The number of aromatic nitrogens is 2. The minimum Gasteiger partial charge on any atom is -0.497 e. The molecule has 0 saturated heterocycles. The summed E-state index contributed by atoms with van der Waals surface area (Å²) in [6, 6.07) is 15.6. The third kappa shape index (κ3) is 4.23. The molecule has 10 heteroatoms. The Labute approximate surface area is 195 Å². The van der Waals surface area contributed by atoms with Crippen molar-refractivity contribution in [2.24, 2.45) is 0 Å². The number of hydrogen-bond acceptors (Lipinski definition) is 7. The molecule has 0 unspecified atom stereocenters. The Kier molecular flexibility index (Phi) is 6.23. The van der Waals surface area contributed by atoms with Gasteiger partial charge in [-0.1, -0.05) is 16.8 Å². The van der Waals surface area contributed by atoms with E-state index in [2.05, 4.69) is 10.1 Å². The molecule has 2 aromatic heterocycles. The normalized spacial score (nSPS) is 11.5. The molecule has 0 bridgehead atoms. The molecule has 0 aliphatic rings. The zero-order chi connectivity index (χ0) is 22.9. The van der Waals surface area contributed by atoms with Crippen LogP contribution in [0.3, 0.4) is 0 Å². The number of methoxy groups -OCH3 is 1. The fourth-order valence-electron chi connectivity index (χ4n) is 3.23. The van der Waals surface area contributed by atoms with Crippen LogP contribution in [0.2, 0.25) is 5.02 Å². The van der Waals surface area contributed by atoms with Gasteiger partial charge < -0.3 is 9.26 Å². The molecule has 0 radical (unpaired) electrons. The molecule has 32 heavy (non-hydrogen) atoms. The van der Waals surface area contributed by atoms with Crippen LogP contribution in [-0.4, -0.2) is 32.2 Å². The summed E-state index contributed by atoms with van der Waals surface area (Å²) in [7, 11) is -2.23. The molecule has 0 amide bonds. The van der Waals surface area contributed by atoms with E-state index in [4.69, 9.17) is 20.9 Å². The van der Waals surface area contributed by atoms with Gasteiger partial charge in [0.25, 0.3) is 15.9 Å². The lowest BCUT2D eigenvalue weighted by Gasteiger charge is -2.23. The van der Waals surface area contributed by atoms with E-state index in [1.807, 2.05) is 0 Å². The van der Waals surface area contributed by atoms with Crippen molar-refractivity contribution in [1.29, 1.82) is 0 Å². The maximum absolute atomic E-state index is 13.5. The lowest BCUT2D eigenvalue weighted by molar-refractivity contribution is 0.415. The number of rotatable bonds is 7. The van der Waals surface area contributed by atoms with E-state index in [1.54, 1.807) is 75.6 Å². The van der Waals surface area contributed by atoms with E-state index in [0.29, 0.717) is 32.0 Å². The van der Waals surface area contributed by atoms with Crippen molar-refractivity contribution in [1.82, 2.24) is 10.1 Å². The molecule has 0 saturated carbocycles. The van der Waals surface area contributed by atoms with Crippen LogP contribution in [0.1, 0.15) is 11.8 Å². The summed E-state index contributed by atoms with van der Waals surface area (Å²) in [5, 5.41) is 4.62. The fraction of sp³-hybridized carbons (Fsp3) is 0.182. The van der Waals surface area contributed by atoms with Crippen LogP contribution in [0, 0.1) is 6.92 Å². The summed E-state index contributed by atoms with van der Waals surface area (Å²) in [6.07, 6.45) is 0. The summed E-state index contributed by atoms with van der Waals surface area (Å²) in [5.41, 5.74) is 1.31. The lowest BCUT2D eigenvalue weighted by atomic mass is 10.2. The van der Waals surface area contributed by atoms with Gasteiger partial charge in [-0.2, -0.15) is 4.98 Å². The van der Waals surface area contributed by atoms with Crippen LogP contribution in [0.5, 0.6) is 5.75 Å². The number of thiophene rings is 1. The standard InChI is InChI=1S/C22H20ClN3O4S2/c1-4-26(17-9-11-18(29-3)12-10-17)32(27,28)20-13-19(31-14(20)2)22-24-21(25-30-22)15-5-7-16(23)8-6-15/h5-13H,4H2,1-3H3. The van der Waals surface area contributed by atoms with Crippen LogP contribution in [0.4, 0.5) is 5.69 Å². The number of hydrogen-bond donors (Lipinski definition) is 0. The Balaban J connectivity index is 1.67. The molecule has 0 N–H and O–H groups in total. The third-order valence-corrected chi connectivity index (χ3v) is 8.28. The third-order valence-electron chi connectivity index (χ3n) is 4.83. The quantitative estimate of drug-likeness (QED) is 0.333.